The van der Waals surface area contributed by atoms with Crippen LogP contribution in [-0.4, -0.2) is 23.1 Å². The number of nitrogens with one attached hydrogen (secondary N) is 1. The van der Waals surface area contributed by atoms with Gasteiger partial charge in [-0.25, -0.2) is 9.97 Å². The van der Waals surface area contributed by atoms with Gasteiger partial charge in [-0.05, 0) is 44.0 Å². The largest absolute Gasteiger partial charge is 0.494 e. The number of ether oxygens (including phenoxy) is 1. The Hall–Kier alpha value is -2.10. The molecule has 0 aliphatic heterocycles. The van der Waals surface area contributed by atoms with E-state index >= 15 is 0 Å². The highest BCUT2D eigenvalue weighted by atomic mass is 16.5. The van der Waals surface area contributed by atoms with Crippen LogP contribution < -0.4 is 10.1 Å². The summed E-state index contributed by atoms with van der Waals surface area (Å²) >= 11 is 0. The van der Waals surface area contributed by atoms with E-state index in [1.807, 2.05) is 19.1 Å². The molecule has 0 saturated heterocycles. The third kappa shape index (κ3) is 3.51. The van der Waals surface area contributed by atoms with Crippen molar-refractivity contribution in [2.24, 2.45) is 0 Å². The number of hydrogen-bond acceptors (Lipinski definition) is 4. The van der Waals surface area contributed by atoms with E-state index in [-0.39, 0.29) is 0 Å². The summed E-state index contributed by atoms with van der Waals surface area (Å²) < 4.78 is 5.49. The molecule has 21 heavy (non-hydrogen) atoms. The van der Waals surface area contributed by atoms with Crippen LogP contribution in [0.3, 0.4) is 0 Å². The predicted octanol–water partition coefficient (Wildman–Crippen LogP) is 4.10. The fourth-order valence-corrected chi connectivity index (χ4v) is 2.36. The fourth-order valence-electron chi connectivity index (χ4n) is 2.36. The van der Waals surface area contributed by atoms with Crippen molar-refractivity contribution in [3.8, 4) is 17.0 Å². The molecule has 0 bridgehead atoms. The topological polar surface area (TPSA) is 47.0 Å². The molecule has 0 aliphatic rings. The van der Waals surface area contributed by atoms with Crippen molar-refractivity contribution >= 4 is 5.82 Å². The lowest BCUT2D eigenvalue weighted by molar-refractivity contribution is 0.340. The van der Waals surface area contributed by atoms with Crippen LogP contribution in [0.4, 0.5) is 5.82 Å². The van der Waals surface area contributed by atoms with Gasteiger partial charge in [0.2, 0.25) is 0 Å². The van der Waals surface area contributed by atoms with Crippen molar-refractivity contribution in [2.45, 2.75) is 33.6 Å². The highest BCUT2D eigenvalue weighted by Gasteiger charge is 2.15. The van der Waals surface area contributed by atoms with Crippen LogP contribution in [-0.2, 0) is 0 Å². The SMILES string of the molecule is CCNc1ncnc(-c2ccc(OCC)cc2)c1C(C)C. The summed E-state index contributed by atoms with van der Waals surface area (Å²) in [5, 5.41) is 3.32. The monoisotopic (exact) mass is 285 g/mol. The van der Waals surface area contributed by atoms with Gasteiger partial charge in [0.15, 0.2) is 0 Å². The molecular weight excluding hydrogens is 262 g/mol. The van der Waals surface area contributed by atoms with Crippen molar-refractivity contribution in [3.63, 3.8) is 0 Å². The van der Waals surface area contributed by atoms with Crippen LogP contribution in [0, 0.1) is 0 Å². The maximum absolute atomic E-state index is 5.49. The number of nitrogens with zero attached hydrogens (tertiary/aromatic N) is 2. The molecule has 4 heteroatoms. The second-order valence-corrected chi connectivity index (χ2v) is 5.13. The first-order valence-corrected chi connectivity index (χ1v) is 7.49. The maximum Gasteiger partial charge on any atom is 0.133 e. The highest BCUT2D eigenvalue weighted by Crippen LogP contribution is 2.32. The number of benzene rings is 1. The van der Waals surface area contributed by atoms with E-state index in [0.717, 1.165) is 34.9 Å². The Labute approximate surface area is 126 Å². The van der Waals surface area contributed by atoms with Gasteiger partial charge in [-0.2, -0.15) is 0 Å². The van der Waals surface area contributed by atoms with Crippen LogP contribution >= 0.6 is 0 Å². The minimum absolute atomic E-state index is 0.349. The molecule has 2 aromatic rings. The summed E-state index contributed by atoms with van der Waals surface area (Å²) in [7, 11) is 0. The van der Waals surface area contributed by atoms with Gasteiger partial charge in [-0.1, -0.05) is 13.8 Å². The lowest BCUT2D eigenvalue weighted by Crippen LogP contribution is -2.07. The number of anilines is 1. The van der Waals surface area contributed by atoms with Crippen molar-refractivity contribution in [2.75, 3.05) is 18.5 Å². The molecule has 0 spiro atoms. The molecule has 1 N–H and O–H groups in total. The highest BCUT2D eigenvalue weighted by molar-refractivity contribution is 5.69. The first kappa shape index (κ1) is 15.3. The average Bonchev–Trinajstić information content (AvgIpc) is 2.48. The molecule has 2 rings (SSSR count). The lowest BCUT2D eigenvalue weighted by Gasteiger charge is -2.16. The first-order chi connectivity index (χ1) is 10.2. The van der Waals surface area contributed by atoms with Crippen LogP contribution in [0.25, 0.3) is 11.3 Å². The molecular formula is C17H23N3O. The summed E-state index contributed by atoms with van der Waals surface area (Å²) in [4.78, 5) is 8.87. The van der Waals surface area contributed by atoms with E-state index in [1.54, 1.807) is 6.33 Å². The zero-order chi connectivity index (χ0) is 15.2. The molecule has 1 heterocycles. The Bertz CT molecular complexity index is 579. The van der Waals surface area contributed by atoms with Crippen LogP contribution in [0.2, 0.25) is 0 Å². The van der Waals surface area contributed by atoms with Crippen molar-refractivity contribution in [3.05, 3.63) is 36.2 Å². The minimum Gasteiger partial charge on any atom is -0.494 e. The molecule has 0 unspecified atom stereocenters. The molecule has 0 radical (unpaired) electrons. The summed E-state index contributed by atoms with van der Waals surface area (Å²) in [6.45, 7) is 9.91. The normalized spacial score (nSPS) is 10.7. The van der Waals surface area contributed by atoms with Crippen LogP contribution in [0.5, 0.6) is 5.75 Å². The molecule has 0 fully saturated rings. The third-order valence-corrected chi connectivity index (χ3v) is 3.24. The van der Waals surface area contributed by atoms with Crippen molar-refractivity contribution in [1.29, 1.82) is 0 Å². The second-order valence-electron chi connectivity index (χ2n) is 5.13. The molecule has 0 saturated carbocycles. The smallest absolute Gasteiger partial charge is 0.133 e. The zero-order valence-corrected chi connectivity index (χ0v) is 13.2. The summed E-state index contributed by atoms with van der Waals surface area (Å²) in [5.74, 6) is 2.15. The molecule has 112 valence electrons. The Morgan fingerprint density at radius 1 is 1.10 bits per heavy atom. The second kappa shape index (κ2) is 7.07. The van der Waals surface area contributed by atoms with E-state index in [9.17, 15) is 0 Å². The standard InChI is InChI=1S/C17H23N3O/c1-5-18-17-15(12(3)4)16(19-11-20-17)13-7-9-14(10-8-13)21-6-2/h7-12H,5-6H2,1-4H3,(H,18,19,20). The molecule has 1 aromatic carbocycles. The van der Waals surface area contributed by atoms with Gasteiger partial charge >= 0.3 is 0 Å². The van der Waals surface area contributed by atoms with Gasteiger partial charge in [-0.15, -0.1) is 0 Å². The number of rotatable bonds is 6. The van der Waals surface area contributed by atoms with E-state index in [2.05, 4.69) is 48.2 Å². The Balaban J connectivity index is 2.44. The fraction of sp³-hybridized carbons (Fsp3) is 0.412. The maximum atomic E-state index is 5.49. The lowest BCUT2D eigenvalue weighted by atomic mass is 9.97. The molecule has 0 atom stereocenters. The van der Waals surface area contributed by atoms with Gasteiger partial charge in [0.05, 0.1) is 12.3 Å². The van der Waals surface area contributed by atoms with E-state index in [4.69, 9.17) is 4.74 Å². The zero-order valence-electron chi connectivity index (χ0n) is 13.2. The third-order valence-electron chi connectivity index (χ3n) is 3.24. The minimum atomic E-state index is 0.349. The first-order valence-electron chi connectivity index (χ1n) is 7.49. The summed E-state index contributed by atoms with van der Waals surface area (Å²) in [6, 6.07) is 8.07. The molecule has 1 aromatic heterocycles. The van der Waals surface area contributed by atoms with E-state index in [0.29, 0.717) is 12.5 Å². The number of hydrogen-bond donors (Lipinski definition) is 1. The molecule has 0 amide bonds. The molecule has 4 nitrogen and oxygen atoms in total. The Kier molecular flexibility index (Phi) is 5.14. The number of aromatic nitrogens is 2. The van der Waals surface area contributed by atoms with Gasteiger partial charge < -0.3 is 10.1 Å². The van der Waals surface area contributed by atoms with E-state index < -0.39 is 0 Å². The van der Waals surface area contributed by atoms with Crippen molar-refractivity contribution < 1.29 is 4.74 Å². The van der Waals surface area contributed by atoms with Crippen LogP contribution in [0.15, 0.2) is 30.6 Å². The van der Waals surface area contributed by atoms with Gasteiger partial charge in [0.25, 0.3) is 0 Å². The molecule has 0 aliphatic carbocycles. The Morgan fingerprint density at radius 3 is 2.38 bits per heavy atom. The van der Waals surface area contributed by atoms with Crippen LogP contribution in [0.1, 0.15) is 39.2 Å². The van der Waals surface area contributed by atoms with Gasteiger partial charge in [0.1, 0.15) is 17.9 Å². The average molecular weight is 285 g/mol. The van der Waals surface area contributed by atoms with E-state index in [1.165, 1.54) is 0 Å². The predicted molar refractivity (Wildman–Crippen MR) is 86.9 cm³/mol. The van der Waals surface area contributed by atoms with Gasteiger partial charge in [0, 0.05) is 17.7 Å². The Morgan fingerprint density at radius 2 is 1.81 bits per heavy atom. The van der Waals surface area contributed by atoms with Crippen molar-refractivity contribution in [1.82, 2.24) is 9.97 Å². The summed E-state index contributed by atoms with van der Waals surface area (Å²) in [5.41, 5.74) is 3.23. The summed E-state index contributed by atoms with van der Waals surface area (Å²) in [6.07, 6.45) is 1.62. The quantitative estimate of drug-likeness (QED) is 0.868. The van der Waals surface area contributed by atoms with Gasteiger partial charge in [-0.3, -0.25) is 0 Å².